The molecule has 0 radical (unpaired) electrons. The molecule has 1 aliphatic heterocycles. The first-order valence-corrected chi connectivity index (χ1v) is 9.44. The molecule has 152 valence electrons. The number of aromatic nitrogens is 1. The van der Waals surface area contributed by atoms with Crippen LogP contribution in [0.3, 0.4) is 0 Å². The van der Waals surface area contributed by atoms with E-state index in [0.717, 1.165) is 47.3 Å². The highest BCUT2D eigenvalue weighted by Gasteiger charge is 2.51. The summed E-state index contributed by atoms with van der Waals surface area (Å²) < 4.78 is 30.0. The van der Waals surface area contributed by atoms with Gasteiger partial charge in [0.25, 0.3) is 5.91 Å². The van der Waals surface area contributed by atoms with Crippen LogP contribution in [-0.4, -0.2) is 33.7 Å². The maximum absolute atomic E-state index is 14.2. The molecule has 2 fully saturated rings. The monoisotopic (exact) mass is 401 g/mol. The van der Waals surface area contributed by atoms with E-state index < -0.39 is 35.7 Å². The predicted octanol–water partition coefficient (Wildman–Crippen LogP) is 3.37. The number of hydrogen-bond donors (Lipinski definition) is 1. The molecule has 2 aliphatic rings. The highest BCUT2D eigenvalue weighted by molar-refractivity contribution is 6.11. The topological polar surface area (TPSA) is 71.4 Å². The summed E-state index contributed by atoms with van der Waals surface area (Å²) in [6, 6.07) is 4.05. The molecule has 2 aromatic rings. The Morgan fingerprint density at radius 1 is 1.21 bits per heavy atom. The summed E-state index contributed by atoms with van der Waals surface area (Å²) in [5.41, 5.74) is 0.158. The number of carbonyl (C=O) groups is 3. The van der Waals surface area contributed by atoms with Gasteiger partial charge in [0.1, 0.15) is 17.2 Å². The van der Waals surface area contributed by atoms with Crippen LogP contribution in [-0.2, 0) is 10.3 Å². The number of ketones is 1. The third-order valence-corrected chi connectivity index (χ3v) is 5.74. The Morgan fingerprint density at radius 2 is 1.90 bits per heavy atom. The number of urea groups is 1. The summed E-state index contributed by atoms with van der Waals surface area (Å²) >= 11 is 0. The largest absolute Gasteiger partial charge is 0.345 e. The number of Topliss-reactive ketones (excluding diaryl/α,β-unsaturated/α-hetero) is 1. The van der Waals surface area contributed by atoms with Gasteiger partial charge >= 0.3 is 6.03 Å². The van der Waals surface area contributed by atoms with Gasteiger partial charge in [-0.15, -0.1) is 0 Å². The maximum Gasteiger partial charge on any atom is 0.325 e. The molecule has 29 heavy (non-hydrogen) atoms. The van der Waals surface area contributed by atoms with Gasteiger partial charge in [0.2, 0.25) is 0 Å². The van der Waals surface area contributed by atoms with Gasteiger partial charge in [-0.1, -0.05) is 0 Å². The van der Waals surface area contributed by atoms with Gasteiger partial charge < -0.3 is 9.88 Å². The number of nitrogens with one attached hydrogen (secondary N) is 1. The molecule has 1 aliphatic carbocycles. The van der Waals surface area contributed by atoms with Crippen LogP contribution < -0.4 is 5.32 Å². The average Bonchev–Trinajstić information content (AvgIpc) is 3.41. The zero-order chi connectivity index (χ0) is 21.1. The van der Waals surface area contributed by atoms with Gasteiger partial charge in [0.15, 0.2) is 5.78 Å². The number of nitrogens with zero attached hydrogens (tertiary/aromatic N) is 2. The fourth-order valence-electron chi connectivity index (χ4n) is 4.09. The Balaban J connectivity index is 1.61. The van der Waals surface area contributed by atoms with Crippen molar-refractivity contribution < 1.29 is 23.2 Å². The van der Waals surface area contributed by atoms with E-state index in [9.17, 15) is 23.2 Å². The van der Waals surface area contributed by atoms with Crippen LogP contribution in [0.15, 0.2) is 24.3 Å². The Kier molecular flexibility index (Phi) is 4.33. The first kappa shape index (κ1) is 19.3. The van der Waals surface area contributed by atoms with Gasteiger partial charge in [0.05, 0.1) is 6.54 Å². The summed E-state index contributed by atoms with van der Waals surface area (Å²) in [4.78, 5) is 39.0. The Bertz CT molecular complexity index is 1060. The molecular weight excluding hydrogens is 380 g/mol. The SMILES string of the molecule is Cc1cc(C(=O)CN2C(=O)N[C@@](C)(c3cc(F)ccc3F)C2=O)c(C)n1C1CC1. The average molecular weight is 401 g/mol. The second kappa shape index (κ2) is 6.50. The van der Waals surface area contributed by atoms with Crippen molar-refractivity contribution in [2.45, 2.75) is 45.2 Å². The molecule has 2 heterocycles. The lowest BCUT2D eigenvalue weighted by Gasteiger charge is -2.22. The molecule has 1 atom stereocenters. The van der Waals surface area contributed by atoms with E-state index in [-0.39, 0.29) is 11.3 Å². The van der Waals surface area contributed by atoms with E-state index in [4.69, 9.17) is 0 Å². The highest BCUT2D eigenvalue weighted by Crippen LogP contribution is 2.38. The van der Waals surface area contributed by atoms with Gasteiger partial charge in [-0.25, -0.2) is 13.6 Å². The number of benzene rings is 1. The predicted molar refractivity (Wildman–Crippen MR) is 100 cm³/mol. The van der Waals surface area contributed by atoms with Crippen molar-refractivity contribution in [2.75, 3.05) is 6.54 Å². The molecule has 8 heteroatoms. The number of carbonyl (C=O) groups excluding carboxylic acids is 3. The zero-order valence-electron chi connectivity index (χ0n) is 16.4. The summed E-state index contributed by atoms with van der Waals surface area (Å²) in [5, 5.41) is 2.40. The Morgan fingerprint density at radius 3 is 2.55 bits per heavy atom. The smallest absolute Gasteiger partial charge is 0.325 e. The number of halogens is 2. The fraction of sp³-hybridized carbons (Fsp3) is 0.381. The van der Waals surface area contributed by atoms with Crippen LogP contribution in [0.25, 0.3) is 0 Å². The van der Waals surface area contributed by atoms with Crippen molar-refractivity contribution in [3.05, 3.63) is 58.4 Å². The van der Waals surface area contributed by atoms with Gasteiger partial charge in [-0.3, -0.25) is 14.5 Å². The molecule has 0 unspecified atom stereocenters. The van der Waals surface area contributed by atoms with Crippen LogP contribution in [0.5, 0.6) is 0 Å². The molecule has 1 saturated carbocycles. The van der Waals surface area contributed by atoms with E-state index in [2.05, 4.69) is 9.88 Å². The first-order valence-electron chi connectivity index (χ1n) is 9.44. The third kappa shape index (κ3) is 3.03. The second-order valence-electron chi connectivity index (χ2n) is 7.88. The van der Waals surface area contributed by atoms with Gasteiger partial charge in [-0.2, -0.15) is 0 Å². The number of rotatable bonds is 5. The van der Waals surface area contributed by atoms with Gasteiger partial charge in [0, 0.05) is 28.6 Å². The normalized spacial score (nSPS) is 21.6. The minimum Gasteiger partial charge on any atom is -0.345 e. The van der Waals surface area contributed by atoms with Crippen molar-refractivity contribution in [3.63, 3.8) is 0 Å². The molecule has 1 aromatic carbocycles. The minimum absolute atomic E-state index is 0.280. The summed E-state index contributed by atoms with van der Waals surface area (Å²) in [5.74, 6) is -2.72. The van der Waals surface area contributed by atoms with Crippen LogP contribution >= 0.6 is 0 Å². The van der Waals surface area contributed by atoms with E-state index in [1.807, 2.05) is 13.8 Å². The van der Waals surface area contributed by atoms with Crippen LogP contribution in [0.4, 0.5) is 13.6 Å². The maximum atomic E-state index is 14.2. The lowest BCUT2D eigenvalue weighted by molar-refractivity contribution is -0.130. The molecule has 6 nitrogen and oxygen atoms in total. The van der Waals surface area contributed by atoms with Crippen LogP contribution in [0.2, 0.25) is 0 Å². The van der Waals surface area contributed by atoms with Crippen molar-refractivity contribution >= 4 is 17.7 Å². The lowest BCUT2D eigenvalue weighted by Crippen LogP contribution is -2.42. The molecule has 3 amide bonds. The quantitative estimate of drug-likeness (QED) is 0.617. The van der Waals surface area contributed by atoms with E-state index in [1.54, 1.807) is 6.07 Å². The van der Waals surface area contributed by atoms with E-state index in [0.29, 0.717) is 11.6 Å². The van der Waals surface area contributed by atoms with Gasteiger partial charge in [-0.05, 0) is 57.9 Å². The summed E-state index contributed by atoms with van der Waals surface area (Å²) in [7, 11) is 0. The minimum atomic E-state index is -1.78. The number of imide groups is 1. The lowest BCUT2D eigenvalue weighted by atomic mass is 9.91. The molecular formula is C21H21F2N3O3. The molecule has 1 N–H and O–H groups in total. The van der Waals surface area contributed by atoms with E-state index in [1.165, 1.54) is 6.92 Å². The Hall–Kier alpha value is -3.03. The zero-order valence-corrected chi connectivity index (χ0v) is 16.4. The third-order valence-electron chi connectivity index (χ3n) is 5.74. The Labute approximate surface area is 166 Å². The number of aryl methyl sites for hydroxylation is 1. The van der Waals surface area contributed by atoms with Crippen LogP contribution in [0, 0.1) is 25.5 Å². The molecule has 0 spiro atoms. The van der Waals surface area contributed by atoms with Crippen LogP contribution in [0.1, 0.15) is 53.1 Å². The van der Waals surface area contributed by atoms with Crippen molar-refractivity contribution in [3.8, 4) is 0 Å². The molecule has 1 aromatic heterocycles. The van der Waals surface area contributed by atoms with Crippen molar-refractivity contribution in [1.29, 1.82) is 0 Å². The number of amides is 3. The van der Waals surface area contributed by atoms with Crippen molar-refractivity contribution in [2.24, 2.45) is 0 Å². The summed E-state index contributed by atoms with van der Waals surface area (Å²) in [6.07, 6.45) is 2.13. The van der Waals surface area contributed by atoms with E-state index >= 15 is 0 Å². The molecule has 0 bridgehead atoms. The fourth-order valence-corrected chi connectivity index (χ4v) is 4.09. The molecule has 4 rings (SSSR count). The summed E-state index contributed by atoms with van der Waals surface area (Å²) in [6.45, 7) is 4.59. The molecule has 1 saturated heterocycles. The number of hydrogen-bond acceptors (Lipinski definition) is 3. The first-order chi connectivity index (χ1) is 13.6. The second-order valence-corrected chi connectivity index (χ2v) is 7.88. The standard InChI is InChI=1S/C21H21F2N3O3/c1-11-8-15(12(2)26(11)14-5-6-14)18(27)10-25-19(28)21(3,24-20(25)29)16-9-13(22)4-7-17(16)23/h4,7-9,14H,5-6,10H2,1-3H3,(H,24,29)/t21-/m0/s1. The van der Waals surface area contributed by atoms with Crippen molar-refractivity contribution in [1.82, 2.24) is 14.8 Å². The highest BCUT2D eigenvalue weighted by atomic mass is 19.1.